The summed E-state index contributed by atoms with van der Waals surface area (Å²) in [6.07, 6.45) is 3.76. The number of ether oxygens (including phenoxy) is 3. The molecular formula is C14H30O3. The van der Waals surface area contributed by atoms with Crippen molar-refractivity contribution in [2.45, 2.75) is 53.1 Å². The summed E-state index contributed by atoms with van der Waals surface area (Å²) in [7, 11) is 0. The van der Waals surface area contributed by atoms with Crippen molar-refractivity contribution in [1.82, 2.24) is 0 Å². The Morgan fingerprint density at radius 3 is 2.00 bits per heavy atom. The molecule has 0 radical (unpaired) electrons. The average molecular weight is 246 g/mol. The van der Waals surface area contributed by atoms with E-state index in [4.69, 9.17) is 14.2 Å². The first kappa shape index (κ1) is 16.9. The van der Waals surface area contributed by atoms with Crippen molar-refractivity contribution in [2.75, 3.05) is 33.0 Å². The van der Waals surface area contributed by atoms with Crippen LogP contribution in [0, 0.1) is 5.92 Å². The third-order valence-corrected chi connectivity index (χ3v) is 2.45. The highest BCUT2D eigenvalue weighted by molar-refractivity contribution is 4.53. The highest BCUT2D eigenvalue weighted by Gasteiger charge is 2.04. The lowest BCUT2D eigenvalue weighted by molar-refractivity contribution is -0.0113. The second-order valence-corrected chi connectivity index (χ2v) is 4.89. The van der Waals surface area contributed by atoms with E-state index in [0.717, 1.165) is 19.4 Å². The van der Waals surface area contributed by atoms with Crippen molar-refractivity contribution in [2.24, 2.45) is 5.92 Å². The zero-order valence-corrected chi connectivity index (χ0v) is 12.0. The summed E-state index contributed by atoms with van der Waals surface area (Å²) in [5.74, 6) is 0.692. The second-order valence-electron chi connectivity index (χ2n) is 4.89. The smallest absolute Gasteiger partial charge is 0.0704 e. The molecule has 3 heteroatoms. The maximum absolute atomic E-state index is 5.63. The fourth-order valence-corrected chi connectivity index (χ4v) is 1.61. The molecule has 0 aliphatic heterocycles. The van der Waals surface area contributed by atoms with Crippen LogP contribution in [-0.2, 0) is 14.2 Å². The fourth-order valence-electron chi connectivity index (χ4n) is 1.61. The van der Waals surface area contributed by atoms with Crippen LogP contribution in [0.25, 0.3) is 0 Å². The van der Waals surface area contributed by atoms with Crippen molar-refractivity contribution >= 4 is 0 Å². The standard InChI is InChI=1S/C14H30O3/c1-5-6-7-15-8-9-16-10-11-17-14(4)12-13(2)3/h13-14H,5-12H2,1-4H3. The molecule has 1 unspecified atom stereocenters. The summed E-state index contributed by atoms with van der Waals surface area (Å²) in [4.78, 5) is 0. The maximum Gasteiger partial charge on any atom is 0.0704 e. The van der Waals surface area contributed by atoms with Crippen LogP contribution < -0.4 is 0 Å². The average Bonchev–Trinajstić information content (AvgIpc) is 2.26. The van der Waals surface area contributed by atoms with Crippen molar-refractivity contribution < 1.29 is 14.2 Å². The van der Waals surface area contributed by atoms with Gasteiger partial charge in [-0.05, 0) is 25.7 Å². The van der Waals surface area contributed by atoms with Gasteiger partial charge in [-0.25, -0.2) is 0 Å². The minimum absolute atomic E-state index is 0.333. The molecule has 1 atom stereocenters. The quantitative estimate of drug-likeness (QED) is 0.495. The Labute approximate surface area is 107 Å². The van der Waals surface area contributed by atoms with E-state index < -0.39 is 0 Å². The molecule has 0 N–H and O–H groups in total. The summed E-state index contributed by atoms with van der Waals surface area (Å²) in [5.41, 5.74) is 0. The van der Waals surface area contributed by atoms with Crippen LogP contribution in [0.3, 0.4) is 0 Å². The molecule has 0 aliphatic carbocycles. The molecule has 0 rings (SSSR count). The normalized spacial score (nSPS) is 13.2. The Balaban J connectivity index is 3.07. The monoisotopic (exact) mass is 246 g/mol. The van der Waals surface area contributed by atoms with Gasteiger partial charge in [0, 0.05) is 6.61 Å². The molecule has 0 aromatic carbocycles. The van der Waals surface area contributed by atoms with Gasteiger partial charge in [0.1, 0.15) is 0 Å². The van der Waals surface area contributed by atoms with E-state index >= 15 is 0 Å². The van der Waals surface area contributed by atoms with Crippen LogP contribution in [0.4, 0.5) is 0 Å². The summed E-state index contributed by atoms with van der Waals surface area (Å²) >= 11 is 0. The largest absolute Gasteiger partial charge is 0.379 e. The molecule has 17 heavy (non-hydrogen) atoms. The lowest BCUT2D eigenvalue weighted by atomic mass is 10.1. The van der Waals surface area contributed by atoms with Crippen LogP contribution in [0.2, 0.25) is 0 Å². The molecule has 0 aliphatic rings. The Morgan fingerprint density at radius 1 is 0.824 bits per heavy atom. The van der Waals surface area contributed by atoms with E-state index in [9.17, 15) is 0 Å². The van der Waals surface area contributed by atoms with Gasteiger partial charge in [-0.3, -0.25) is 0 Å². The van der Waals surface area contributed by atoms with Gasteiger partial charge in [0.15, 0.2) is 0 Å². The summed E-state index contributed by atoms with van der Waals surface area (Å²) < 4.78 is 16.4. The first-order chi connectivity index (χ1) is 8.16. The van der Waals surface area contributed by atoms with Crippen molar-refractivity contribution in [3.05, 3.63) is 0 Å². The van der Waals surface area contributed by atoms with Crippen LogP contribution in [-0.4, -0.2) is 39.1 Å². The lowest BCUT2D eigenvalue weighted by Gasteiger charge is -2.15. The molecular weight excluding hydrogens is 216 g/mol. The van der Waals surface area contributed by atoms with Crippen LogP contribution in [0.1, 0.15) is 47.0 Å². The molecule has 0 spiro atoms. The number of hydrogen-bond donors (Lipinski definition) is 0. The lowest BCUT2D eigenvalue weighted by Crippen LogP contribution is -2.16. The summed E-state index contributed by atoms with van der Waals surface area (Å²) in [5, 5.41) is 0. The van der Waals surface area contributed by atoms with Gasteiger partial charge in [0.2, 0.25) is 0 Å². The van der Waals surface area contributed by atoms with E-state index in [1.807, 2.05) is 0 Å². The number of hydrogen-bond acceptors (Lipinski definition) is 3. The van der Waals surface area contributed by atoms with E-state index in [0.29, 0.717) is 38.4 Å². The number of unbranched alkanes of at least 4 members (excludes halogenated alkanes) is 1. The van der Waals surface area contributed by atoms with Gasteiger partial charge in [0.05, 0.1) is 32.5 Å². The number of rotatable bonds is 12. The third kappa shape index (κ3) is 13.8. The van der Waals surface area contributed by atoms with E-state index in [2.05, 4.69) is 27.7 Å². The minimum atomic E-state index is 0.333. The maximum atomic E-state index is 5.63. The molecule has 3 nitrogen and oxygen atoms in total. The zero-order valence-electron chi connectivity index (χ0n) is 12.0. The van der Waals surface area contributed by atoms with Crippen molar-refractivity contribution in [3.63, 3.8) is 0 Å². The molecule has 0 bridgehead atoms. The third-order valence-electron chi connectivity index (χ3n) is 2.45. The Hall–Kier alpha value is -0.120. The van der Waals surface area contributed by atoms with Gasteiger partial charge in [0.25, 0.3) is 0 Å². The summed E-state index contributed by atoms with van der Waals surface area (Å²) in [6.45, 7) is 12.3. The first-order valence-corrected chi connectivity index (χ1v) is 6.93. The minimum Gasteiger partial charge on any atom is -0.379 e. The van der Waals surface area contributed by atoms with Gasteiger partial charge in [-0.15, -0.1) is 0 Å². The molecule has 104 valence electrons. The molecule has 0 amide bonds. The SMILES string of the molecule is CCCCOCCOCCOC(C)CC(C)C. The predicted octanol–water partition coefficient (Wildman–Crippen LogP) is 3.27. The highest BCUT2D eigenvalue weighted by Crippen LogP contribution is 2.06. The molecule has 0 aromatic rings. The molecule has 0 saturated carbocycles. The van der Waals surface area contributed by atoms with Crippen molar-refractivity contribution in [3.8, 4) is 0 Å². The Bertz CT molecular complexity index is 148. The highest BCUT2D eigenvalue weighted by atomic mass is 16.5. The molecule has 0 saturated heterocycles. The zero-order chi connectivity index (χ0) is 12.9. The second kappa shape index (κ2) is 12.3. The van der Waals surface area contributed by atoms with E-state index in [-0.39, 0.29) is 0 Å². The molecule has 0 fully saturated rings. The van der Waals surface area contributed by atoms with E-state index in [1.54, 1.807) is 0 Å². The molecule has 0 heterocycles. The Morgan fingerprint density at radius 2 is 1.41 bits per heavy atom. The topological polar surface area (TPSA) is 27.7 Å². The predicted molar refractivity (Wildman–Crippen MR) is 71.4 cm³/mol. The van der Waals surface area contributed by atoms with Crippen LogP contribution in [0.15, 0.2) is 0 Å². The van der Waals surface area contributed by atoms with Gasteiger partial charge >= 0.3 is 0 Å². The Kier molecular flexibility index (Phi) is 12.3. The van der Waals surface area contributed by atoms with Crippen molar-refractivity contribution in [1.29, 1.82) is 0 Å². The summed E-state index contributed by atoms with van der Waals surface area (Å²) in [6, 6.07) is 0. The van der Waals surface area contributed by atoms with Gasteiger partial charge in [-0.1, -0.05) is 27.2 Å². The van der Waals surface area contributed by atoms with Crippen LogP contribution in [0.5, 0.6) is 0 Å². The van der Waals surface area contributed by atoms with Crippen LogP contribution >= 0.6 is 0 Å². The first-order valence-electron chi connectivity index (χ1n) is 6.93. The molecule has 0 aromatic heterocycles. The van der Waals surface area contributed by atoms with E-state index in [1.165, 1.54) is 6.42 Å². The van der Waals surface area contributed by atoms with Gasteiger partial charge < -0.3 is 14.2 Å². The fraction of sp³-hybridized carbons (Fsp3) is 1.00. The van der Waals surface area contributed by atoms with Gasteiger partial charge in [-0.2, -0.15) is 0 Å².